The van der Waals surface area contributed by atoms with Crippen molar-refractivity contribution in [2.45, 2.75) is 18.9 Å². The van der Waals surface area contributed by atoms with Gasteiger partial charge in [0.1, 0.15) is 0 Å². The topological polar surface area (TPSA) is 97.6 Å². The molecule has 166 valence electrons. The van der Waals surface area contributed by atoms with Gasteiger partial charge in [-0.2, -0.15) is 15.0 Å². The van der Waals surface area contributed by atoms with Gasteiger partial charge in [-0.3, -0.25) is 9.69 Å². The van der Waals surface area contributed by atoms with Crippen molar-refractivity contribution in [3.05, 3.63) is 34.2 Å². The van der Waals surface area contributed by atoms with Gasteiger partial charge in [-0.1, -0.05) is 6.07 Å². The molecule has 0 aliphatic carbocycles. The van der Waals surface area contributed by atoms with Crippen molar-refractivity contribution in [1.29, 1.82) is 0 Å². The van der Waals surface area contributed by atoms with E-state index in [9.17, 15) is 4.79 Å². The zero-order chi connectivity index (χ0) is 21.2. The fraction of sp³-hybridized carbons (Fsp3) is 0.619. The molecule has 0 amide bonds. The number of rotatable bonds is 6. The van der Waals surface area contributed by atoms with Crippen molar-refractivity contribution < 1.29 is 9.47 Å². The number of nitrogens with zero attached hydrogens (tertiary/aromatic N) is 6. The van der Waals surface area contributed by atoms with Crippen LogP contribution in [0.1, 0.15) is 18.0 Å². The maximum absolute atomic E-state index is 12.3. The Labute approximate surface area is 181 Å². The molecule has 3 aliphatic heterocycles. The fourth-order valence-corrected chi connectivity index (χ4v) is 4.87. The van der Waals surface area contributed by atoms with Crippen LogP contribution in [0.2, 0.25) is 0 Å². The fourth-order valence-electron chi connectivity index (χ4n) is 4.87. The van der Waals surface area contributed by atoms with Crippen LogP contribution >= 0.6 is 0 Å². The highest BCUT2D eigenvalue weighted by atomic mass is 16.5. The highest BCUT2D eigenvalue weighted by Gasteiger charge is 2.35. The van der Waals surface area contributed by atoms with Crippen LogP contribution in [0.25, 0.3) is 0 Å². The number of anilines is 2. The van der Waals surface area contributed by atoms with Gasteiger partial charge in [0, 0.05) is 63.5 Å². The van der Waals surface area contributed by atoms with Gasteiger partial charge in [-0.25, -0.2) is 0 Å². The summed E-state index contributed by atoms with van der Waals surface area (Å²) in [6, 6.07) is 5.88. The highest BCUT2D eigenvalue weighted by Crippen LogP contribution is 2.36. The van der Waals surface area contributed by atoms with E-state index < -0.39 is 0 Å². The van der Waals surface area contributed by atoms with Crippen LogP contribution in [0.5, 0.6) is 6.01 Å². The van der Waals surface area contributed by atoms with Crippen LogP contribution in [0.3, 0.4) is 0 Å². The lowest BCUT2D eigenvalue weighted by molar-refractivity contribution is 0.0398. The number of morpholine rings is 1. The van der Waals surface area contributed by atoms with Gasteiger partial charge in [0.2, 0.25) is 11.9 Å². The Morgan fingerprint density at radius 2 is 2.03 bits per heavy atom. The molecule has 0 radical (unpaired) electrons. The zero-order valence-corrected chi connectivity index (χ0v) is 17.9. The summed E-state index contributed by atoms with van der Waals surface area (Å²) in [5.74, 6) is 1.85. The summed E-state index contributed by atoms with van der Waals surface area (Å²) < 4.78 is 12.7. The Balaban J connectivity index is 1.31. The normalized spacial score (nSPS) is 23.3. The second-order valence-corrected chi connectivity index (χ2v) is 8.43. The van der Waals surface area contributed by atoms with Crippen LogP contribution in [-0.2, 0) is 11.3 Å². The molecule has 0 spiro atoms. The quantitative estimate of drug-likeness (QED) is 0.703. The molecule has 2 atom stereocenters. The predicted octanol–water partition coefficient (Wildman–Crippen LogP) is 0.410. The summed E-state index contributed by atoms with van der Waals surface area (Å²) >= 11 is 0. The van der Waals surface area contributed by atoms with Crippen LogP contribution in [0.15, 0.2) is 23.0 Å². The van der Waals surface area contributed by atoms with Crippen molar-refractivity contribution in [3.8, 4) is 6.01 Å². The Morgan fingerprint density at radius 1 is 1.16 bits per heavy atom. The first-order valence-electron chi connectivity index (χ1n) is 11.0. The zero-order valence-electron chi connectivity index (χ0n) is 17.9. The van der Waals surface area contributed by atoms with Gasteiger partial charge < -0.3 is 24.3 Å². The van der Waals surface area contributed by atoms with E-state index in [1.165, 1.54) is 0 Å². The molecule has 2 fully saturated rings. The van der Waals surface area contributed by atoms with Crippen molar-refractivity contribution in [2.75, 3.05) is 69.8 Å². The Kier molecular flexibility index (Phi) is 5.73. The maximum Gasteiger partial charge on any atom is 0.322 e. The number of pyridine rings is 1. The van der Waals surface area contributed by atoms with E-state index in [-0.39, 0.29) is 5.56 Å². The summed E-state index contributed by atoms with van der Waals surface area (Å²) in [5.41, 5.74) is 1.20. The van der Waals surface area contributed by atoms with Crippen molar-refractivity contribution >= 4 is 11.9 Å². The maximum atomic E-state index is 12.3. The Hall–Kier alpha value is -2.72. The SMILES string of the molecule is COc1nc(NCCN2CCOCC2)nc(N2C[C@@H]3C[C@H](C2)c2cccc(=O)n2C3)n1. The first-order chi connectivity index (χ1) is 15.2. The summed E-state index contributed by atoms with van der Waals surface area (Å²) in [7, 11) is 1.57. The predicted molar refractivity (Wildman–Crippen MR) is 116 cm³/mol. The first kappa shape index (κ1) is 20.2. The third-order valence-corrected chi connectivity index (χ3v) is 6.36. The van der Waals surface area contributed by atoms with Crippen LogP contribution in [0, 0.1) is 5.92 Å². The summed E-state index contributed by atoms with van der Waals surface area (Å²) in [6.45, 7) is 7.48. The molecule has 2 aromatic rings. The van der Waals surface area contributed by atoms with E-state index in [0.717, 1.165) is 71.1 Å². The van der Waals surface area contributed by atoms with Crippen molar-refractivity contribution in [3.63, 3.8) is 0 Å². The molecule has 2 saturated heterocycles. The summed E-state index contributed by atoms with van der Waals surface area (Å²) in [5, 5.41) is 3.32. The number of nitrogens with one attached hydrogen (secondary N) is 1. The second kappa shape index (κ2) is 8.80. The number of ether oxygens (including phenoxy) is 2. The van der Waals surface area contributed by atoms with Gasteiger partial charge in [-0.15, -0.1) is 0 Å². The van der Waals surface area contributed by atoms with E-state index in [1.807, 2.05) is 10.6 Å². The Bertz CT molecular complexity index is 976. The van der Waals surface area contributed by atoms with E-state index >= 15 is 0 Å². The largest absolute Gasteiger partial charge is 0.467 e. The summed E-state index contributed by atoms with van der Waals surface area (Å²) in [6.07, 6.45) is 1.09. The van der Waals surface area contributed by atoms with Crippen molar-refractivity contribution in [1.82, 2.24) is 24.4 Å². The van der Waals surface area contributed by atoms with Gasteiger partial charge >= 0.3 is 6.01 Å². The van der Waals surface area contributed by atoms with Gasteiger partial charge in [0.25, 0.3) is 5.56 Å². The molecule has 0 saturated carbocycles. The molecular formula is C21H29N7O3. The smallest absolute Gasteiger partial charge is 0.322 e. The molecule has 2 aromatic heterocycles. The Morgan fingerprint density at radius 3 is 2.87 bits per heavy atom. The lowest BCUT2D eigenvalue weighted by Crippen LogP contribution is -2.47. The average molecular weight is 428 g/mol. The molecule has 0 aromatic carbocycles. The first-order valence-corrected chi connectivity index (χ1v) is 11.0. The number of aromatic nitrogens is 4. The summed E-state index contributed by atoms with van der Waals surface area (Å²) in [4.78, 5) is 30.4. The lowest BCUT2D eigenvalue weighted by atomic mass is 9.83. The van der Waals surface area contributed by atoms with E-state index in [0.29, 0.717) is 29.7 Å². The highest BCUT2D eigenvalue weighted by molar-refractivity contribution is 5.40. The number of methoxy groups -OCH3 is 1. The number of fused-ring (bicyclic) bond motifs is 4. The minimum absolute atomic E-state index is 0.0919. The minimum Gasteiger partial charge on any atom is -0.467 e. The standard InChI is InChI=1S/C21H29N7O3/c1-30-21-24-19(22-5-6-26-7-9-31-10-8-26)23-20(25-21)27-12-15-11-16(14-27)17-3-2-4-18(29)28(17)13-15/h2-4,15-16H,5-14H2,1H3,(H,22,23,24,25)/t15-,16+/m0/s1. The van der Waals surface area contributed by atoms with E-state index in [2.05, 4.69) is 36.1 Å². The molecule has 31 heavy (non-hydrogen) atoms. The van der Waals surface area contributed by atoms with Crippen LogP contribution in [-0.4, -0.2) is 84.0 Å². The average Bonchev–Trinajstić information content (AvgIpc) is 2.80. The second-order valence-electron chi connectivity index (χ2n) is 8.43. The molecule has 2 bridgehead atoms. The van der Waals surface area contributed by atoms with Gasteiger partial charge in [0.15, 0.2) is 0 Å². The third-order valence-electron chi connectivity index (χ3n) is 6.36. The molecule has 5 rings (SSSR count). The molecule has 1 N–H and O–H groups in total. The molecular weight excluding hydrogens is 398 g/mol. The monoisotopic (exact) mass is 427 g/mol. The molecule has 10 heteroatoms. The molecule has 3 aliphatic rings. The third kappa shape index (κ3) is 4.35. The number of hydrogen-bond donors (Lipinski definition) is 1. The van der Waals surface area contributed by atoms with Crippen molar-refractivity contribution in [2.24, 2.45) is 5.92 Å². The molecule has 5 heterocycles. The van der Waals surface area contributed by atoms with Crippen LogP contribution < -0.4 is 20.5 Å². The van der Waals surface area contributed by atoms with E-state index in [1.54, 1.807) is 13.2 Å². The van der Waals surface area contributed by atoms with Gasteiger partial charge in [-0.05, 0) is 18.4 Å². The van der Waals surface area contributed by atoms with E-state index in [4.69, 9.17) is 9.47 Å². The lowest BCUT2D eigenvalue weighted by Gasteiger charge is -2.42. The molecule has 0 unspecified atom stereocenters. The van der Waals surface area contributed by atoms with Gasteiger partial charge in [0.05, 0.1) is 20.3 Å². The minimum atomic E-state index is 0.0919. The number of piperidine rings is 1. The van der Waals surface area contributed by atoms with Crippen LogP contribution in [0.4, 0.5) is 11.9 Å². The molecule has 10 nitrogen and oxygen atoms in total. The number of hydrogen-bond acceptors (Lipinski definition) is 9.